The maximum Gasteiger partial charge on any atom is 0.242 e. The summed E-state index contributed by atoms with van der Waals surface area (Å²) in [4.78, 5) is 20.9. The molecule has 0 amide bonds. The first-order chi connectivity index (χ1) is 14.5. The van der Waals surface area contributed by atoms with Gasteiger partial charge in [-0.2, -0.15) is 0 Å². The quantitative estimate of drug-likeness (QED) is 0.694. The van der Waals surface area contributed by atoms with Crippen molar-refractivity contribution in [3.63, 3.8) is 0 Å². The van der Waals surface area contributed by atoms with Gasteiger partial charge in [0.15, 0.2) is 11.6 Å². The van der Waals surface area contributed by atoms with Crippen molar-refractivity contribution >= 4 is 33.4 Å². The van der Waals surface area contributed by atoms with Gasteiger partial charge in [0, 0.05) is 31.6 Å². The summed E-state index contributed by atoms with van der Waals surface area (Å²) < 4.78 is 46.9. The van der Waals surface area contributed by atoms with E-state index in [-0.39, 0.29) is 36.1 Å². The van der Waals surface area contributed by atoms with Crippen molar-refractivity contribution in [2.45, 2.75) is 30.6 Å². The third kappa shape index (κ3) is 3.53. The highest BCUT2D eigenvalue weighted by Gasteiger charge is 2.52. The maximum absolute atomic E-state index is 14.1. The predicted molar refractivity (Wildman–Crippen MR) is 113 cm³/mol. The van der Waals surface area contributed by atoms with E-state index in [1.807, 2.05) is 0 Å². The molecular weight excluding hydrogens is 447 g/mol. The molecule has 1 aromatic carbocycles. The number of nitrogens with zero attached hydrogens (tertiary/aromatic N) is 3. The van der Waals surface area contributed by atoms with Gasteiger partial charge in [0.1, 0.15) is 22.2 Å². The highest BCUT2D eigenvalue weighted by molar-refractivity contribution is 7.90. The van der Waals surface area contributed by atoms with Gasteiger partial charge >= 0.3 is 0 Å². The number of aromatic nitrogens is 1. The van der Waals surface area contributed by atoms with E-state index in [0.29, 0.717) is 16.9 Å². The summed E-state index contributed by atoms with van der Waals surface area (Å²) in [5, 5.41) is -0.797. The number of carbonyl (C=O) groups excluding carboxylic acids is 1. The van der Waals surface area contributed by atoms with Crippen LogP contribution in [0.2, 0.25) is 5.02 Å². The molecule has 0 spiro atoms. The monoisotopic (exact) mass is 466 g/mol. The lowest BCUT2D eigenvalue weighted by Gasteiger charge is -2.40. The number of benzene rings is 1. The zero-order chi connectivity index (χ0) is 22.6. The number of sulfonamides is 1. The number of Topliss-reactive ketones (excluding diaryl/α,β-unsaturated/α-hetero) is 1. The number of aliphatic imine (C=N–C) groups is 1. The van der Waals surface area contributed by atoms with Crippen molar-refractivity contribution < 1.29 is 22.3 Å². The van der Waals surface area contributed by atoms with E-state index < -0.39 is 32.4 Å². The van der Waals surface area contributed by atoms with Crippen LogP contribution in [0.5, 0.6) is 5.75 Å². The van der Waals surface area contributed by atoms with Gasteiger partial charge in [-0.1, -0.05) is 17.7 Å². The molecule has 0 bridgehead atoms. The number of ether oxygens (including phenoxy) is 1. The molecule has 0 unspecified atom stereocenters. The molecule has 3 heterocycles. The third-order valence-corrected chi connectivity index (χ3v) is 8.27. The summed E-state index contributed by atoms with van der Waals surface area (Å²) in [6.07, 6.45) is 1.28. The van der Waals surface area contributed by atoms with Crippen LogP contribution in [0.25, 0.3) is 0 Å². The SMILES string of the molecule is CN1C(N)=N[C@]2(C)c3cc(CC(=O)c4ncc(Cl)cc4F)ccc3OCC[C@@H]2S1(=O)=O. The largest absolute Gasteiger partial charge is 0.493 e. The van der Waals surface area contributed by atoms with Crippen molar-refractivity contribution in [3.8, 4) is 5.75 Å². The van der Waals surface area contributed by atoms with Gasteiger partial charge < -0.3 is 10.5 Å². The third-order valence-electron chi connectivity index (χ3n) is 5.70. The molecule has 11 heteroatoms. The van der Waals surface area contributed by atoms with Crippen LogP contribution >= 0.6 is 11.6 Å². The first-order valence-electron chi connectivity index (χ1n) is 9.47. The van der Waals surface area contributed by atoms with E-state index in [4.69, 9.17) is 22.1 Å². The van der Waals surface area contributed by atoms with Gasteiger partial charge in [-0.05, 0) is 30.7 Å². The standard InChI is InChI=1S/C20H20ClFN4O4S/c1-20-13-7-11(8-15(27)18-14(22)9-12(21)10-24-18)3-4-16(13)30-6-5-17(20)31(28,29)26(2)19(23)25-20/h3-4,7,9-10,17H,5-6,8H2,1-2H3,(H2,23,25)/t17-,20+/m0/s1. The Morgan fingerprint density at radius 3 is 2.87 bits per heavy atom. The molecule has 31 heavy (non-hydrogen) atoms. The molecule has 0 radical (unpaired) electrons. The molecule has 2 aliphatic rings. The summed E-state index contributed by atoms with van der Waals surface area (Å²) in [6, 6.07) is 6.02. The number of fused-ring (bicyclic) bond motifs is 3. The fourth-order valence-electron chi connectivity index (χ4n) is 4.03. The molecule has 2 aromatic rings. The van der Waals surface area contributed by atoms with Crippen LogP contribution in [0.3, 0.4) is 0 Å². The van der Waals surface area contributed by atoms with Crippen molar-refractivity contribution in [1.82, 2.24) is 9.29 Å². The topological polar surface area (TPSA) is 115 Å². The highest BCUT2D eigenvalue weighted by Crippen LogP contribution is 2.45. The Morgan fingerprint density at radius 1 is 1.42 bits per heavy atom. The number of carbonyl (C=O) groups is 1. The van der Waals surface area contributed by atoms with E-state index >= 15 is 0 Å². The Hall–Kier alpha value is -2.72. The molecule has 1 aromatic heterocycles. The van der Waals surface area contributed by atoms with Crippen LogP contribution < -0.4 is 10.5 Å². The van der Waals surface area contributed by atoms with Crippen LogP contribution in [-0.2, 0) is 22.0 Å². The van der Waals surface area contributed by atoms with E-state index in [1.165, 1.54) is 13.2 Å². The summed E-state index contributed by atoms with van der Waals surface area (Å²) in [7, 11) is -2.40. The molecule has 2 aliphatic heterocycles. The highest BCUT2D eigenvalue weighted by atomic mass is 35.5. The summed E-state index contributed by atoms with van der Waals surface area (Å²) in [5.74, 6) is -1.00. The van der Waals surface area contributed by atoms with Crippen molar-refractivity contribution in [2.24, 2.45) is 10.7 Å². The number of guanidine groups is 1. The van der Waals surface area contributed by atoms with E-state index in [1.54, 1.807) is 25.1 Å². The minimum absolute atomic E-state index is 0.0918. The van der Waals surface area contributed by atoms with Crippen molar-refractivity contribution in [3.05, 3.63) is 58.1 Å². The minimum atomic E-state index is -3.77. The number of hydrogen-bond donors (Lipinski definition) is 1. The molecule has 8 nitrogen and oxygen atoms in total. The molecule has 0 saturated carbocycles. The molecule has 2 N–H and O–H groups in total. The normalized spacial score (nSPS) is 24.3. The number of halogens is 2. The van der Waals surface area contributed by atoms with Crippen LogP contribution in [0.15, 0.2) is 35.5 Å². The lowest BCUT2D eigenvalue weighted by Crippen LogP contribution is -2.56. The van der Waals surface area contributed by atoms with E-state index in [9.17, 15) is 17.6 Å². The minimum Gasteiger partial charge on any atom is -0.493 e. The maximum atomic E-state index is 14.1. The van der Waals surface area contributed by atoms with E-state index in [0.717, 1.165) is 10.4 Å². The Morgan fingerprint density at radius 2 is 2.16 bits per heavy atom. The number of hydrogen-bond acceptors (Lipinski definition) is 7. The Balaban J connectivity index is 1.76. The van der Waals surface area contributed by atoms with Gasteiger partial charge in [0.25, 0.3) is 0 Å². The fourth-order valence-corrected chi connectivity index (χ4v) is 6.01. The summed E-state index contributed by atoms with van der Waals surface area (Å²) in [6.45, 7) is 1.88. The van der Waals surface area contributed by atoms with Crippen LogP contribution in [0, 0.1) is 5.82 Å². The average Bonchev–Trinajstić information content (AvgIpc) is 2.83. The number of ketones is 1. The predicted octanol–water partition coefficient (Wildman–Crippen LogP) is 2.26. The lowest BCUT2D eigenvalue weighted by atomic mass is 9.85. The van der Waals surface area contributed by atoms with Gasteiger partial charge in [0.2, 0.25) is 16.0 Å². The summed E-state index contributed by atoms with van der Waals surface area (Å²) >= 11 is 5.70. The van der Waals surface area contributed by atoms with Gasteiger partial charge in [-0.15, -0.1) is 0 Å². The Labute approximate surface area is 183 Å². The molecule has 0 aliphatic carbocycles. The van der Waals surface area contributed by atoms with Crippen LogP contribution in [0.4, 0.5) is 4.39 Å². The van der Waals surface area contributed by atoms with Gasteiger partial charge in [-0.25, -0.2) is 27.1 Å². The van der Waals surface area contributed by atoms with Crippen molar-refractivity contribution in [1.29, 1.82) is 0 Å². The Kier molecular flexibility index (Phi) is 5.17. The van der Waals surface area contributed by atoms with Crippen LogP contribution in [-0.4, -0.2) is 48.4 Å². The summed E-state index contributed by atoms with van der Waals surface area (Å²) in [5.41, 5.74) is 5.44. The molecule has 0 fully saturated rings. The van der Waals surface area contributed by atoms with Gasteiger partial charge in [0.05, 0.1) is 11.6 Å². The van der Waals surface area contributed by atoms with Crippen molar-refractivity contribution in [2.75, 3.05) is 13.7 Å². The number of nitrogens with two attached hydrogens (primary N) is 1. The lowest BCUT2D eigenvalue weighted by molar-refractivity contribution is 0.0984. The molecule has 164 valence electrons. The first kappa shape index (κ1) is 21.5. The number of rotatable bonds is 3. The van der Waals surface area contributed by atoms with Crippen LogP contribution in [0.1, 0.15) is 35.0 Å². The fraction of sp³-hybridized carbons (Fsp3) is 0.350. The second-order valence-electron chi connectivity index (χ2n) is 7.67. The molecule has 4 rings (SSSR count). The smallest absolute Gasteiger partial charge is 0.242 e. The second-order valence-corrected chi connectivity index (χ2v) is 10.3. The zero-order valence-corrected chi connectivity index (χ0v) is 18.4. The van der Waals surface area contributed by atoms with Gasteiger partial charge in [-0.3, -0.25) is 4.79 Å². The average molecular weight is 467 g/mol. The first-order valence-corrected chi connectivity index (χ1v) is 11.4. The Bertz CT molecular complexity index is 1220. The molecule has 0 saturated heterocycles. The second kappa shape index (κ2) is 7.45. The van der Waals surface area contributed by atoms with E-state index in [2.05, 4.69) is 9.98 Å². The molecule has 2 atom stereocenters. The number of pyridine rings is 1. The molecular formula is C20H20ClFN4O4S. The zero-order valence-electron chi connectivity index (χ0n) is 16.8.